The molecule has 5 aromatic rings. The Balaban J connectivity index is 1.49. The summed E-state index contributed by atoms with van der Waals surface area (Å²) in [5, 5.41) is 15.5. The Morgan fingerprint density at radius 1 is 1.05 bits per heavy atom. The SMILES string of the molecule is COc1c(NC(=O)c2c(O)c3ccccc3c(=O)n2C)ccc(Cl)c1COc1cccc2ccc(C)nc12. The van der Waals surface area contributed by atoms with Gasteiger partial charge in [0, 0.05) is 23.5 Å². The van der Waals surface area contributed by atoms with E-state index in [0.29, 0.717) is 33.2 Å². The van der Waals surface area contributed by atoms with Gasteiger partial charge < -0.3 is 24.5 Å². The lowest BCUT2D eigenvalue weighted by Crippen LogP contribution is -2.27. The van der Waals surface area contributed by atoms with Gasteiger partial charge in [0.15, 0.2) is 17.2 Å². The number of pyridine rings is 2. The molecule has 0 aliphatic heterocycles. The molecule has 8 nitrogen and oxygen atoms in total. The Morgan fingerprint density at radius 3 is 2.58 bits per heavy atom. The Kier molecular flexibility index (Phi) is 6.65. The molecular weight excluding hydrogens is 506 g/mol. The molecule has 0 aliphatic rings. The molecule has 0 radical (unpaired) electrons. The molecule has 2 N–H and O–H groups in total. The average molecular weight is 530 g/mol. The van der Waals surface area contributed by atoms with Crippen molar-refractivity contribution in [1.29, 1.82) is 0 Å². The zero-order chi connectivity index (χ0) is 27.0. The zero-order valence-corrected chi connectivity index (χ0v) is 21.7. The van der Waals surface area contributed by atoms with Gasteiger partial charge in [-0.05, 0) is 37.3 Å². The van der Waals surface area contributed by atoms with E-state index in [1.165, 1.54) is 14.2 Å². The van der Waals surface area contributed by atoms with Crippen molar-refractivity contribution >= 4 is 44.9 Å². The molecule has 0 saturated heterocycles. The van der Waals surface area contributed by atoms with Crippen LogP contribution in [0.4, 0.5) is 5.69 Å². The second-order valence-electron chi connectivity index (χ2n) is 8.74. The predicted molar refractivity (Wildman–Crippen MR) is 148 cm³/mol. The van der Waals surface area contributed by atoms with Crippen molar-refractivity contribution in [3.63, 3.8) is 0 Å². The van der Waals surface area contributed by atoms with Crippen LogP contribution < -0.4 is 20.3 Å². The number of carbonyl (C=O) groups excluding carboxylic acids is 1. The molecule has 3 aromatic carbocycles. The number of rotatable bonds is 6. The normalized spacial score (nSPS) is 11.1. The number of halogens is 1. The van der Waals surface area contributed by atoms with Crippen LogP contribution in [0.2, 0.25) is 5.02 Å². The van der Waals surface area contributed by atoms with Crippen LogP contribution in [0.3, 0.4) is 0 Å². The first-order chi connectivity index (χ1) is 18.3. The summed E-state index contributed by atoms with van der Waals surface area (Å²) in [5.74, 6) is -0.111. The minimum atomic E-state index is -0.686. The summed E-state index contributed by atoms with van der Waals surface area (Å²) in [6.45, 7) is 1.95. The quantitative estimate of drug-likeness (QED) is 0.297. The number of nitrogens with zero attached hydrogens (tertiary/aromatic N) is 2. The molecule has 192 valence electrons. The number of amides is 1. The average Bonchev–Trinajstić information content (AvgIpc) is 2.92. The Hall–Kier alpha value is -4.56. The summed E-state index contributed by atoms with van der Waals surface area (Å²) in [5.41, 5.74) is 1.81. The van der Waals surface area contributed by atoms with E-state index in [1.807, 2.05) is 37.3 Å². The maximum atomic E-state index is 13.3. The predicted octanol–water partition coefficient (Wildman–Crippen LogP) is 5.59. The highest BCUT2D eigenvalue weighted by molar-refractivity contribution is 6.31. The smallest absolute Gasteiger partial charge is 0.276 e. The fourth-order valence-electron chi connectivity index (χ4n) is 4.44. The third-order valence-corrected chi connectivity index (χ3v) is 6.70. The second kappa shape index (κ2) is 10.1. The van der Waals surface area contributed by atoms with Gasteiger partial charge in [-0.3, -0.25) is 9.59 Å². The van der Waals surface area contributed by atoms with Gasteiger partial charge in [0.1, 0.15) is 17.9 Å². The molecule has 0 spiro atoms. The van der Waals surface area contributed by atoms with Crippen LogP contribution in [0.1, 0.15) is 21.7 Å². The van der Waals surface area contributed by atoms with Crippen LogP contribution in [0.15, 0.2) is 71.5 Å². The maximum Gasteiger partial charge on any atom is 0.276 e. The van der Waals surface area contributed by atoms with Gasteiger partial charge in [0.2, 0.25) is 0 Å². The summed E-state index contributed by atoms with van der Waals surface area (Å²) in [6.07, 6.45) is 0. The molecule has 5 rings (SSSR count). The highest BCUT2D eigenvalue weighted by atomic mass is 35.5. The summed E-state index contributed by atoms with van der Waals surface area (Å²) in [6, 6.07) is 19.3. The Labute approximate surface area is 223 Å². The van der Waals surface area contributed by atoms with Crippen molar-refractivity contribution < 1.29 is 19.4 Å². The number of anilines is 1. The summed E-state index contributed by atoms with van der Waals surface area (Å²) < 4.78 is 12.8. The van der Waals surface area contributed by atoms with E-state index >= 15 is 0 Å². The number of fused-ring (bicyclic) bond motifs is 2. The fraction of sp³-hybridized carbons (Fsp3) is 0.138. The molecule has 2 aromatic heterocycles. The van der Waals surface area contributed by atoms with Gasteiger partial charge in [-0.1, -0.05) is 48.0 Å². The van der Waals surface area contributed by atoms with Crippen LogP contribution in [-0.2, 0) is 13.7 Å². The first kappa shape index (κ1) is 25.1. The molecule has 0 fully saturated rings. The first-order valence-electron chi connectivity index (χ1n) is 11.8. The van der Waals surface area contributed by atoms with E-state index in [0.717, 1.165) is 21.2 Å². The second-order valence-corrected chi connectivity index (χ2v) is 9.14. The van der Waals surface area contributed by atoms with E-state index in [4.69, 9.17) is 21.1 Å². The van der Waals surface area contributed by atoms with E-state index in [9.17, 15) is 14.7 Å². The van der Waals surface area contributed by atoms with Crippen molar-refractivity contribution in [1.82, 2.24) is 9.55 Å². The van der Waals surface area contributed by atoms with Gasteiger partial charge in [-0.25, -0.2) is 4.98 Å². The third-order valence-electron chi connectivity index (χ3n) is 6.34. The molecule has 0 atom stereocenters. The highest BCUT2D eigenvalue weighted by Gasteiger charge is 2.23. The number of aromatic nitrogens is 2. The number of methoxy groups -OCH3 is 1. The van der Waals surface area contributed by atoms with Crippen molar-refractivity contribution in [3.8, 4) is 17.2 Å². The van der Waals surface area contributed by atoms with Gasteiger partial charge >= 0.3 is 0 Å². The molecule has 9 heteroatoms. The van der Waals surface area contributed by atoms with Crippen LogP contribution in [0, 0.1) is 6.92 Å². The fourth-order valence-corrected chi connectivity index (χ4v) is 4.64. The van der Waals surface area contributed by atoms with Crippen LogP contribution in [-0.4, -0.2) is 27.7 Å². The topological polar surface area (TPSA) is 103 Å². The van der Waals surface area contributed by atoms with Crippen molar-refractivity contribution in [2.45, 2.75) is 13.5 Å². The van der Waals surface area contributed by atoms with E-state index in [1.54, 1.807) is 36.4 Å². The summed E-state index contributed by atoms with van der Waals surface area (Å²) >= 11 is 6.51. The lowest BCUT2D eigenvalue weighted by Gasteiger charge is -2.18. The summed E-state index contributed by atoms with van der Waals surface area (Å²) in [4.78, 5) is 30.7. The summed E-state index contributed by atoms with van der Waals surface area (Å²) in [7, 11) is 2.89. The van der Waals surface area contributed by atoms with Gasteiger partial charge in [-0.15, -0.1) is 0 Å². The number of para-hydroxylation sites is 1. The van der Waals surface area contributed by atoms with Gasteiger partial charge in [0.25, 0.3) is 11.5 Å². The molecule has 1 amide bonds. The lowest BCUT2D eigenvalue weighted by atomic mass is 10.1. The number of aromatic hydroxyl groups is 1. The zero-order valence-electron chi connectivity index (χ0n) is 20.9. The first-order valence-corrected chi connectivity index (χ1v) is 12.1. The van der Waals surface area contributed by atoms with Crippen molar-refractivity contribution in [3.05, 3.63) is 99.1 Å². The molecule has 0 saturated carbocycles. The van der Waals surface area contributed by atoms with Crippen LogP contribution in [0.25, 0.3) is 21.7 Å². The van der Waals surface area contributed by atoms with Gasteiger partial charge in [-0.2, -0.15) is 0 Å². The van der Waals surface area contributed by atoms with Crippen LogP contribution in [0.5, 0.6) is 17.2 Å². The van der Waals surface area contributed by atoms with E-state index in [2.05, 4.69) is 10.3 Å². The number of hydrogen-bond donors (Lipinski definition) is 2. The minimum Gasteiger partial charge on any atom is -0.505 e. The number of benzene rings is 3. The highest BCUT2D eigenvalue weighted by Crippen LogP contribution is 2.37. The number of nitrogens with one attached hydrogen (secondary N) is 1. The molecule has 38 heavy (non-hydrogen) atoms. The Morgan fingerprint density at radius 2 is 1.82 bits per heavy atom. The lowest BCUT2D eigenvalue weighted by molar-refractivity contribution is 0.101. The number of carbonyl (C=O) groups is 1. The molecule has 0 bridgehead atoms. The maximum absolute atomic E-state index is 13.3. The van der Waals surface area contributed by atoms with Crippen molar-refractivity contribution in [2.24, 2.45) is 7.05 Å². The van der Waals surface area contributed by atoms with Crippen molar-refractivity contribution in [2.75, 3.05) is 12.4 Å². The number of aryl methyl sites for hydroxylation is 1. The monoisotopic (exact) mass is 529 g/mol. The number of ether oxygens (including phenoxy) is 2. The van der Waals surface area contributed by atoms with E-state index < -0.39 is 11.5 Å². The van der Waals surface area contributed by atoms with Gasteiger partial charge in [0.05, 0.1) is 28.8 Å². The molecule has 0 aliphatic carbocycles. The standard InChI is InChI=1S/C29H24ClN3O5/c1-16-11-12-17-7-6-10-23(24(17)31-16)38-15-20-21(30)13-14-22(27(20)37-3)32-28(35)25-26(34)18-8-4-5-9-19(18)29(36)33(25)2/h4-14,34H,15H2,1-3H3,(H,32,35). The molecular formula is C29H24ClN3O5. The molecule has 0 unspecified atom stereocenters. The Bertz CT molecular complexity index is 1780. The van der Waals surface area contributed by atoms with Crippen LogP contribution >= 0.6 is 11.6 Å². The third kappa shape index (κ3) is 4.39. The minimum absolute atomic E-state index is 0.0418. The van der Waals surface area contributed by atoms with E-state index in [-0.39, 0.29) is 23.4 Å². The molecule has 2 heterocycles. The number of hydrogen-bond acceptors (Lipinski definition) is 6. The largest absolute Gasteiger partial charge is 0.505 e.